The minimum Gasteiger partial charge on any atom is -0.489 e. The first-order chi connectivity index (χ1) is 19.8. The van der Waals surface area contributed by atoms with Gasteiger partial charge in [0.25, 0.3) is 0 Å². The summed E-state index contributed by atoms with van der Waals surface area (Å²) in [6, 6.07) is 26.0. The van der Waals surface area contributed by atoms with Crippen LogP contribution in [0.2, 0.25) is 0 Å². The molecule has 4 aromatic carbocycles. The molecule has 9 heteroatoms. The van der Waals surface area contributed by atoms with E-state index in [2.05, 4.69) is 6.07 Å². The van der Waals surface area contributed by atoms with Crippen molar-refractivity contribution in [1.82, 2.24) is 0 Å². The maximum absolute atomic E-state index is 14.0. The predicted molar refractivity (Wildman–Crippen MR) is 145 cm³/mol. The number of carbonyl (C=O) groups excluding carboxylic acids is 1. The molecule has 0 saturated heterocycles. The van der Waals surface area contributed by atoms with Crippen LogP contribution in [0.5, 0.6) is 23.0 Å². The lowest BCUT2D eigenvalue weighted by molar-refractivity contribution is -0.141. The predicted octanol–water partition coefficient (Wildman–Crippen LogP) is 6.13. The van der Waals surface area contributed by atoms with Gasteiger partial charge in [-0.2, -0.15) is 5.26 Å². The summed E-state index contributed by atoms with van der Waals surface area (Å²) in [7, 11) is 0. The molecular weight excluding hydrogens is 530 g/mol. The first kappa shape index (κ1) is 27.2. The van der Waals surface area contributed by atoms with Gasteiger partial charge in [-0.3, -0.25) is 0 Å². The molecule has 41 heavy (non-hydrogen) atoms. The Balaban J connectivity index is 1.37. The summed E-state index contributed by atoms with van der Waals surface area (Å²) in [6.45, 7) is 1.47. The molecule has 7 nitrogen and oxygen atoms in total. The van der Waals surface area contributed by atoms with Crippen LogP contribution < -0.4 is 24.7 Å². The third kappa shape index (κ3) is 5.97. The maximum Gasteiger partial charge on any atom is 0.352 e. The van der Waals surface area contributed by atoms with E-state index in [1.807, 2.05) is 6.07 Å². The fraction of sp³-hybridized carbons (Fsp3) is 0.125. The molecule has 1 aliphatic rings. The second-order valence-corrected chi connectivity index (χ2v) is 9.19. The number of halogens is 2. The fourth-order valence-electron chi connectivity index (χ4n) is 4.38. The molecule has 1 aliphatic heterocycles. The number of ether oxygens (including phenoxy) is 4. The van der Waals surface area contributed by atoms with E-state index >= 15 is 0 Å². The van der Waals surface area contributed by atoms with Crippen LogP contribution in [-0.2, 0) is 11.4 Å². The van der Waals surface area contributed by atoms with Crippen molar-refractivity contribution in [3.05, 3.63) is 131 Å². The SMILES string of the molecule is CC(Oc1ccccc1F)C(=O)Oc1ccc2c(c1)OC(N)=C(C#N)C2c1cccc(OCc2ccccc2F)c1. The highest BCUT2D eigenvalue weighted by atomic mass is 19.1. The highest BCUT2D eigenvalue weighted by Crippen LogP contribution is 2.44. The third-order valence-corrected chi connectivity index (χ3v) is 6.42. The molecular formula is C32H24F2N2O5. The van der Waals surface area contributed by atoms with Crippen molar-refractivity contribution in [2.24, 2.45) is 5.73 Å². The molecule has 0 aliphatic carbocycles. The van der Waals surface area contributed by atoms with Gasteiger partial charge >= 0.3 is 5.97 Å². The summed E-state index contributed by atoms with van der Waals surface area (Å²) in [6.07, 6.45) is -1.10. The molecule has 0 aromatic heterocycles. The van der Waals surface area contributed by atoms with E-state index in [0.717, 1.165) is 0 Å². The van der Waals surface area contributed by atoms with Gasteiger partial charge in [0.1, 0.15) is 41.3 Å². The van der Waals surface area contributed by atoms with Crippen LogP contribution in [-0.4, -0.2) is 12.1 Å². The van der Waals surface area contributed by atoms with Crippen LogP contribution in [0.25, 0.3) is 0 Å². The van der Waals surface area contributed by atoms with Crippen molar-refractivity contribution in [3.63, 3.8) is 0 Å². The zero-order chi connectivity index (χ0) is 28.9. The molecule has 5 rings (SSSR count). The van der Waals surface area contributed by atoms with Crippen molar-refractivity contribution >= 4 is 5.97 Å². The first-order valence-corrected chi connectivity index (χ1v) is 12.6. The average Bonchev–Trinajstić information content (AvgIpc) is 2.97. The van der Waals surface area contributed by atoms with E-state index in [1.165, 1.54) is 37.3 Å². The molecule has 0 amide bonds. The van der Waals surface area contributed by atoms with Gasteiger partial charge in [-0.05, 0) is 48.9 Å². The number of rotatable bonds is 8. The molecule has 2 N–H and O–H groups in total. The quantitative estimate of drug-likeness (QED) is 0.206. The molecule has 0 fully saturated rings. The lowest BCUT2D eigenvalue weighted by atomic mass is 9.83. The number of carbonyl (C=O) groups is 1. The minimum atomic E-state index is -1.10. The van der Waals surface area contributed by atoms with Crippen molar-refractivity contribution in [2.45, 2.75) is 25.6 Å². The van der Waals surface area contributed by atoms with Crippen LogP contribution in [0.15, 0.2) is 102 Å². The normalized spacial score (nSPS) is 14.7. The van der Waals surface area contributed by atoms with Crippen LogP contribution in [0.3, 0.4) is 0 Å². The summed E-state index contributed by atoms with van der Waals surface area (Å²) in [4.78, 5) is 12.6. The Morgan fingerprint density at radius 2 is 1.73 bits per heavy atom. The number of esters is 1. The summed E-state index contributed by atoms with van der Waals surface area (Å²) >= 11 is 0. The van der Waals surface area contributed by atoms with Crippen LogP contribution >= 0.6 is 0 Å². The monoisotopic (exact) mass is 554 g/mol. The molecule has 2 atom stereocenters. The summed E-state index contributed by atoms with van der Waals surface area (Å²) in [5.41, 5.74) is 8.02. The Kier molecular flexibility index (Phi) is 7.83. The minimum absolute atomic E-state index is 0.0252. The zero-order valence-electron chi connectivity index (χ0n) is 21.8. The van der Waals surface area contributed by atoms with Crippen molar-refractivity contribution < 1.29 is 32.5 Å². The van der Waals surface area contributed by atoms with Gasteiger partial charge in [0.05, 0.1) is 5.92 Å². The number of fused-ring (bicyclic) bond motifs is 1. The van der Waals surface area contributed by atoms with Gasteiger partial charge in [0.2, 0.25) is 5.88 Å². The third-order valence-electron chi connectivity index (χ3n) is 6.42. The number of nitrogens with two attached hydrogens (primary N) is 1. The van der Waals surface area contributed by atoms with E-state index in [0.29, 0.717) is 22.4 Å². The highest BCUT2D eigenvalue weighted by Gasteiger charge is 2.31. The Labute approximate surface area is 235 Å². The second-order valence-electron chi connectivity index (χ2n) is 9.19. The lowest BCUT2D eigenvalue weighted by Crippen LogP contribution is -2.29. The Hall–Kier alpha value is -5.36. The lowest BCUT2D eigenvalue weighted by Gasteiger charge is -2.27. The highest BCUT2D eigenvalue weighted by molar-refractivity contribution is 5.77. The van der Waals surface area contributed by atoms with Crippen LogP contribution in [0.4, 0.5) is 8.78 Å². The number of para-hydroxylation sites is 1. The molecule has 0 spiro atoms. The standard InChI is InChI=1S/C32H24F2N2O5/c1-19(39-28-12-5-4-11-27(28)34)32(37)40-23-13-14-24-29(16-23)41-31(36)25(17-35)30(24)20-8-6-9-22(15-20)38-18-21-7-2-3-10-26(21)33/h2-16,19,30H,18,36H2,1H3. The van der Waals surface area contributed by atoms with Gasteiger partial charge in [-0.25, -0.2) is 13.6 Å². The number of hydrogen-bond acceptors (Lipinski definition) is 7. The molecule has 0 bridgehead atoms. The van der Waals surface area contributed by atoms with E-state index in [9.17, 15) is 18.8 Å². The van der Waals surface area contributed by atoms with Crippen LogP contribution in [0, 0.1) is 23.0 Å². The molecule has 0 radical (unpaired) electrons. The summed E-state index contributed by atoms with van der Waals surface area (Å²) in [5, 5.41) is 9.90. The topological polar surface area (TPSA) is 104 Å². The number of nitrogens with zero attached hydrogens (tertiary/aromatic N) is 1. The maximum atomic E-state index is 14.0. The average molecular weight is 555 g/mol. The fourth-order valence-corrected chi connectivity index (χ4v) is 4.38. The van der Waals surface area contributed by atoms with Gasteiger partial charge in [-0.15, -0.1) is 0 Å². The van der Waals surface area contributed by atoms with Crippen molar-refractivity contribution in [2.75, 3.05) is 0 Å². The van der Waals surface area contributed by atoms with Gasteiger partial charge in [0, 0.05) is 17.2 Å². The number of hydrogen-bond donors (Lipinski definition) is 1. The molecule has 4 aromatic rings. The largest absolute Gasteiger partial charge is 0.489 e. The first-order valence-electron chi connectivity index (χ1n) is 12.6. The second kappa shape index (κ2) is 11.8. The number of allylic oxidation sites excluding steroid dienone is 1. The Bertz CT molecular complexity index is 1680. The van der Waals surface area contributed by atoms with E-state index in [4.69, 9.17) is 24.7 Å². The molecule has 0 saturated carbocycles. The molecule has 2 unspecified atom stereocenters. The van der Waals surface area contributed by atoms with Crippen LogP contribution in [0.1, 0.15) is 29.5 Å². The smallest absolute Gasteiger partial charge is 0.352 e. The molecule has 1 heterocycles. The van der Waals surface area contributed by atoms with E-state index in [1.54, 1.807) is 54.6 Å². The Morgan fingerprint density at radius 3 is 2.49 bits per heavy atom. The number of benzene rings is 4. The Morgan fingerprint density at radius 1 is 0.976 bits per heavy atom. The van der Waals surface area contributed by atoms with Gasteiger partial charge < -0.3 is 24.7 Å². The van der Waals surface area contributed by atoms with Gasteiger partial charge in [-0.1, -0.05) is 48.5 Å². The van der Waals surface area contributed by atoms with E-state index in [-0.39, 0.29) is 41.1 Å². The van der Waals surface area contributed by atoms with Gasteiger partial charge in [0.15, 0.2) is 17.7 Å². The summed E-state index contributed by atoms with van der Waals surface area (Å²) in [5.74, 6) is -1.58. The van der Waals surface area contributed by atoms with E-state index < -0.39 is 23.8 Å². The van der Waals surface area contributed by atoms with Crippen molar-refractivity contribution in [3.8, 4) is 29.1 Å². The summed E-state index contributed by atoms with van der Waals surface area (Å²) < 4.78 is 50.3. The molecule has 206 valence electrons. The zero-order valence-corrected chi connectivity index (χ0v) is 21.8. The van der Waals surface area contributed by atoms with Crippen molar-refractivity contribution in [1.29, 1.82) is 5.26 Å². The number of nitriles is 1.